The molecular weight excluding hydrogens is 314 g/mol. The van der Waals surface area contributed by atoms with E-state index in [4.69, 9.17) is 4.74 Å². The molecule has 0 aliphatic carbocycles. The lowest BCUT2D eigenvalue weighted by atomic mass is 9.95. The Hall–Kier alpha value is -0.790. The minimum atomic E-state index is -0.0358. The summed E-state index contributed by atoms with van der Waals surface area (Å²) in [7, 11) is 0. The van der Waals surface area contributed by atoms with Crippen molar-refractivity contribution in [3.63, 3.8) is 0 Å². The molecule has 2 N–H and O–H groups in total. The first kappa shape index (κ1) is 18.5. The van der Waals surface area contributed by atoms with Gasteiger partial charge < -0.3 is 15.0 Å². The fourth-order valence-electron chi connectivity index (χ4n) is 2.88. The van der Waals surface area contributed by atoms with Gasteiger partial charge in [-0.2, -0.15) is 0 Å². The number of likely N-dealkylation sites (tertiary alicyclic amines) is 1. The first-order valence-corrected chi connectivity index (χ1v) is 9.72. The molecule has 0 radical (unpaired) electrons. The molecule has 0 saturated carbocycles. The summed E-state index contributed by atoms with van der Waals surface area (Å²) in [5.74, 6) is 2.07. The number of nitrogens with zero attached hydrogens (tertiary/aromatic N) is 1. The van der Waals surface area contributed by atoms with Gasteiger partial charge in [-0.15, -0.1) is 11.8 Å². The van der Waals surface area contributed by atoms with Gasteiger partial charge in [0.2, 0.25) is 11.8 Å². The lowest BCUT2D eigenvalue weighted by Crippen LogP contribution is -2.49. The standard InChI is InChI=1S/C16H29N3O3S/c1-12(2)22-9-3-6-17-15(20)13-4-7-19(8-5-13)16(21)14-10-23-11-18-14/h12-14,18H,3-11H2,1-2H3,(H,17,20). The number of nitrogens with one attached hydrogen (secondary N) is 2. The predicted molar refractivity (Wildman–Crippen MR) is 92.3 cm³/mol. The zero-order valence-electron chi connectivity index (χ0n) is 14.2. The SMILES string of the molecule is CC(C)OCCCNC(=O)C1CCN(C(=O)C2CSCN2)CC1. The summed E-state index contributed by atoms with van der Waals surface area (Å²) >= 11 is 1.76. The number of hydrogen-bond acceptors (Lipinski definition) is 5. The number of hydrogen-bond donors (Lipinski definition) is 2. The van der Waals surface area contributed by atoms with E-state index in [1.165, 1.54) is 0 Å². The van der Waals surface area contributed by atoms with Crippen molar-refractivity contribution in [3.8, 4) is 0 Å². The highest BCUT2D eigenvalue weighted by molar-refractivity contribution is 7.99. The van der Waals surface area contributed by atoms with Crippen LogP contribution in [0.4, 0.5) is 0 Å². The number of ether oxygens (including phenoxy) is 1. The fraction of sp³-hybridized carbons (Fsp3) is 0.875. The van der Waals surface area contributed by atoms with E-state index in [1.54, 1.807) is 11.8 Å². The molecule has 2 aliphatic heterocycles. The molecule has 0 aromatic rings. The Balaban J connectivity index is 1.61. The topological polar surface area (TPSA) is 70.7 Å². The maximum absolute atomic E-state index is 12.3. The minimum absolute atomic E-state index is 0.0358. The van der Waals surface area contributed by atoms with Crippen LogP contribution in [-0.2, 0) is 14.3 Å². The number of thioether (sulfide) groups is 1. The van der Waals surface area contributed by atoms with Gasteiger partial charge in [0.15, 0.2) is 0 Å². The highest BCUT2D eigenvalue weighted by Crippen LogP contribution is 2.20. The largest absolute Gasteiger partial charge is 0.379 e. The summed E-state index contributed by atoms with van der Waals surface area (Å²) in [6.07, 6.45) is 2.60. The average molecular weight is 343 g/mol. The molecule has 2 heterocycles. The van der Waals surface area contributed by atoms with Crippen molar-refractivity contribution in [1.82, 2.24) is 15.5 Å². The van der Waals surface area contributed by atoms with Crippen LogP contribution in [0.3, 0.4) is 0 Å². The Bertz CT molecular complexity index is 392. The maximum Gasteiger partial charge on any atom is 0.240 e. The van der Waals surface area contributed by atoms with Crippen molar-refractivity contribution in [2.24, 2.45) is 5.92 Å². The maximum atomic E-state index is 12.3. The summed E-state index contributed by atoms with van der Waals surface area (Å²) in [6.45, 7) is 6.73. The van der Waals surface area contributed by atoms with E-state index in [2.05, 4.69) is 10.6 Å². The number of amides is 2. The third-order valence-electron chi connectivity index (χ3n) is 4.26. The van der Waals surface area contributed by atoms with E-state index in [9.17, 15) is 9.59 Å². The van der Waals surface area contributed by atoms with Crippen LogP contribution in [0, 0.1) is 5.92 Å². The number of carbonyl (C=O) groups excluding carboxylic acids is 2. The summed E-state index contributed by atoms with van der Waals surface area (Å²) in [4.78, 5) is 26.4. The summed E-state index contributed by atoms with van der Waals surface area (Å²) in [5, 5.41) is 6.20. The Labute approximate surface area is 143 Å². The Morgan fingerprint density at radius 2 is 2.09 bits per heavy atom. The van der Waals surface area contributed by atoms with Crippen molar-refractivity contribution in [1.29, 1.82) is 0 Å². The van der Waals surface area contributed by atoms with Gasteiger partial charge in [0.1, 0.15) is 0 Å². The summed E-state index contributed by atoms with van der Waals surface area (Å²) < 4.78 is 5.46. The van der Waals surface area contributed by atoms with E-state index < -0.39 is 0 Å². The lowest BCUT2D eigenvalue weighted by molar-refractivity contribution is -0.136. The van der Waals surface area contributed by atoms with Crippen LogP contribution < -0.4 is 10.6 Å². The Morgan fingerprint density at radius 1 is 1.35 bits per heavy atom. The van der Waals surface area contributed by atoms with Crippen molar-refractivity contribution in [2.75, 3.05) is 37.9 Å². The molecule has 2 saturated heterocycles. The quantitative estimate of drug-likeness (QED) is 0.670. The van der Waals surface area contributed by atoms with Crippen LogP contribution in [0.15, 0.2) is 0 Å². The molecule has 2 aliphatic rings. The molecule has 132 valence electrons. The zero-order chi connectivity index (χ0) is 16.7. The van der Waals surface area contributed by atoms with E-state index in [-0.39, 0.29) is 29.9 Å². The van der Waals surface area contributed by atoms with E-state index >= 15 is 0 Å². The average Bonchev–Trinajstić information content (AvgIpc) is 3.08. The molecule has 0 aromatic carbocycles. The van der Waals surface area contributed by atoms with Crippen LogP contribution >= 0.6 is 11.8 Å². The molecule has 2 fully saturated rings. The summed E-state index contributed by atoms with van der Waals surface area (Å²) in [5.41, 5.74) is 0. The van der Waals surface area contributed by atoms with Crippen molar-refractivity contribution in [3.05, 3.63) is 0 Å². The molecular formula is C16H29N3O3S. The van der Waals surface area contributed by atoms with Crippen molar-refractivity contribution >= 4 is 23.6 Å². The first-order valence-electron chi connectivity index (χ1n) is 8.57. The highest BCUT2D eigenvalue weighted by atomic mass is 32.2. The number of piperidine rings is 1. The van der Waals surface area contributed by atoms with E-state index in [0.29, 0.717) is 26.2 Å². The van der Waals surface area contributed by atoms with Gasteiger partial charge in [-0.05, 0) is 33.1 Å². The van der Waals surface area contributed by atoms with Crippen LogP contribution in [0.25, 0.3) is 0 Å². The Morgan fingerprint density at radius 3 is 2.70 bits per heavy atom. The molecule has 1 atom stereocenters. The minimum Gasteiger partial charge on any atom is -0.379 e. The second-order valence-electron chi connectivity index (χ2n) is 6.44. The fourth-order valence-corrected chi connectivity index (χ4v) is 3.82. The van der Waals surface area contributed by atoms with Crippen LogP contribution in [0.5, 0.6) is 0 Å². The molecule has 7 heteroatoms. The van der Waals surface area contributed by atoms with Crippen molar-refractivity contribution in [2.45, 2.75) is 45.3 Å². The first-order chi connectivity index (χ1) is 11.1. The van der Waals surface area contributed by atoms with Gasteiger partial charge in [-0.25, -0.2) is 0 Å². The molecule has 2 rings (SSSR count). The molecule has 1 unspecified atom stereocenters. The van der Waals surface area contributed by atoms with Crippen LogP contribution in [0.2, 0.25) is 0 Å². The normalized spacial score (nSPS) is 22.6. The van der Waals surface area contributed by atoms with Crippen LogP contribution in [0.1, 0.15) is 33.1 Å². The second-order valence-corrected chi connectivity index (χ2v) is 7.47. The molecule has 23 heavy (non-hydrogen) atoms. The Kier molecular flexibility index (Phi) is 7.65. The van der Waals surface area contributed by atoms with Gasteiger partial charge in [0.25, 0.3) is 0 Å². The van der Waals surface area contributed by atoms with E-state index in [1.807, 2.05) is 18.7 Å². The third kappa shape index (κ3) is 5.97. The van der Waals surface area contributed by atoms with Gasteiger partial charge in [-0.1, -0.05) is 0 Å². The smallest absolute Gasteiger partial charge is 0.240 e. The predicted octanol–water partition coefficient (Wildman–Crippen LogP) is 0.819. The van der Waals surface area contributed by atoms with Gasteiger partial charge in [-0.3, -0.25) is 14.9 Å². The number of rotatable bonds is 7. The van der Waals surface area contributed by atoms with Crippen LogP contribution in [-0.4, -0.2) is 66.7 Å². The second kappa shape index (κ2) is 9.49. The molecule has 6 nitrogen and oxygen atoms in total. The van der Waals surface area contributed by atoms with Gasteiger partial charge in [0.05, 0.1) is 12.1 Å². The molecule has 2 amide bonds. The van der Waals surface area contributed by atoms with Crippen molar-refractivity contribution < 1.29 is 14.3 Å². The monoisotopic (exact) mass is 343 g/mol. The lowest BCUT2D eigenvalue weighted by Gasteiger charge is -2.32. The summed E-state index contributed by atoms with van der Waals surface area (Å²) in [6, 6.07) is -0.0358. The molecule has 0 aromatic heterocycles. The van der Waals surface area contributed by atoms with E-state index in [0.717, 1.165) is 30.9 Å². The highest BCUT2D eigenvalue weighted by Gasteiger charge is 2.31. The van der Waals surface area contributed by atoms with Gasteiger partial charge in [0, 0.05) is 43.8 Å². The zero-order valence-corrected chi connectivity index (χ0v) is 15.0. The van der Waals surface area contributed by atoms with Gasteiger partial charge >= 0.3 is 0 Å². The third-order valence-corrected chi connectivity index (χ3v) is 5.20. The molecule has 0 spiro atoms. The molecule has 0 bridgehead atoms. The number of carbonyl (C=O) groups is 2.